The maximum atomic E-state index is 12.2. The van der Waals surface area contributed by atoms with Gasteiger partial charge in [-0.05, 0) is 31.0 Å². The summed E-state index contributed by atoms with van der Waals surface area (Å²) in [7, 11) is 1.60. The van der Waals surface area contributed by atoms with Crippen LogP contribution < -0.4 is 10.5 Å². The average Bonchev–Trinajstić information content (AvgIpc) is 2.41. The van der Waals surface area contributed by atoms with Crippen molar-refractivity contribution in [3.8, 4) is 5.75 Å². The zero-order chi connectivity index (χ0) is 13.6. The number of carbonyl (C=O) groups is 1. The smallest absolute Gasteiger partial charge is 0.317 e. The number of methoxy groups -OCH3 is 1. The second kappa shape index (κ2) is 6.40. The Morgan fingerprint density at radius 3 is 2.61 bits per heavy atom. The van der Waals surface area contributed by atoms with Gasteiger partial charge in [0, 0.05) is 6.54 Å². The summed E-state index contributed by atoms with van der Waals surface area (Å²) < 4.78 is 10.3. The molecule has 0 amide bonds. The number of nitrogens with two attached hydrogens (primary N) is 1. The average molecular weight is 251 g/mol. The number of ether oxygens (including phenoxy) is 2. The maximum Gasteiger partial charge on any atom is 0.317 e. The van der Waals surface area contributed by atoms with Crippen molar-refractivity contribution in [3.63, 3.8) is 0 Å². The Bertz CT molecular complexity index is 400. The summed E-state index contributed by atoms with van der Waals surface area (Å²) in [6, 6.07) is 7.42. The molecule has 0 radical (unpaired) electrons. The van der Waals surface area contributed by atoms with Gasteiger partial charge >= 0.3 is 5.97 Å². The van der Waals surface area contributed by atoms with Crippen LogP contribution in [0.2, 0.25) is 0 Å². The molecule has 0 bridgehead atoms. The number of esters is 1. The molecular formula is C14H21NO3. The fraction of sp³-hybridized carbons (Fsp3) is 0.500. The fourth-order valence-electron chi connectivity index (χ4n) is 2.00. The summed E-state index contributed by atoms with van der Waals surface area (Å²) >= 11 is 0. The van der Waals surface area contributed by atoms with E-state index in [-0.39, 0.29) is 12.5 Å². The molecule has 0 aliphatic carbocycles. The van der Waals surface area contributed by atoms with Crippen molar-refractivity contribution in [2.75, 3.05) is 20.3 Å². The second-order valence-corrected chi connectivity index (χ2v) is 4.09. The molecule has 1 aromatic carbocycles. The molecule has 4 heteroatoms. The van der Waals surface area contributed by atoms with Gasteiger partial charge in [0.1, 0.15) is 11.2 Å². The predicted octanol–water partition coefficient (Wildman–Crippen LogP) is 1.86. The molecule has 0 fully saturated rings. The molecule has 1 atom stereocenters. The van der Waals surface area contributed by atoms with Gasteiger partial charge in [0.05, 0.1) is 13.7 Å². The van der Waals surface area contributed by atoms with Crippen molar-refractivity contribution in [3.05, 3.63) is 29.8 Å². The van der Waals surface area contributed by atoms with Gasteiger partial charge in [0.2, 0.25) is 0 Å². The van der Waals surface area contributed by atoms with Crippen molar-refractivity contribution >= 4 is 5.97 Å². The topological polar surface area (TPSA) is 61.5 Å². The lowest BCUT2D eigenvalue weighted by molar-refractivity contribution is -0.150. The first kappa shape index (κ1) is 14.5. The summed E-state index contributed by atoms with van der Waals surface area (Å²) in [5, 5.41) is 0. The summed E-state index contributed by atoms with van der Waals surface area (Å²) in [6.45, 7) is 4.30. The molecule has 0 saturated carbocycles. The second-order valence-electron chi connectivity index (χ2n) is 4.09. The van der Waals surface area contributed by atoms with E-state index < -0.39 is 5.41 Å². The van der Waals surface area contributed by atoms with E-state index in [2.05, 4.69) is 0 Å². The van der Waals surface area contributed by atoms with E-state index in [9.17, 15) is 4.79 Å². The standard InChI is InChI=1S/C14H21NO3/c1-4-14(10-15,13(16)18-5-2)11-7-6-8-12(9-11)17-3/h6-9H,4-5,10,15H2,1-3H3/t14-/m0/s1. The zero-order valence-corrected chi connectivity index (χ0v) is 11.2. The van der Waals surface area contributed by atoms with E-state index in [1.807, 2.05) is 31.2 Å². The number of hydrogen-bond acceptors (Lipinski definition) is 4. The minimum atomic E-state index is -0.787. The van der Waals surface area contributed by atoms with Gasteiger partial charge in [0.15, 0.2) is 0 Å². The third-order valence-corrected chi connectivity index (χ3v) is 3.24. The molecule has 0 saturated heterocycles. The van der Waals surface area contributed by atoms with Gasteiger partial charge in [-0.25, -0.2) is 0 Å². The van der Waals surface area contributed by atoms with Crippen LogP contribution >= 0.6 is 0 Å². The van der Waals surface area contributed by atoms with Crippen molar-refractivity contribution < 1.29 is 14.3 Å². The van der Waals surface area contributed by atoms with Crippen LogP contribution in [-0.2, 0) is 14.9 Å². The zero-order valence-electron chi connectivity index (χ0n) is 11.2. The van der Waals surface area contributed by atoms with Gasteiger partial charge in [0.25, 0.3) is 0 Å². The summed E-state index contributed by atoms with van der Waals surface area (Å²) in [5.41, 5.74) is 5.88. The Kier molecular flexibility index (Phi) is 5.16. The van der Waals surface area contributed by atoms with Crippen LogP contribution in [0.1, 0.15) is 25.8 Å². The predicted molar refractivity (Wildman–Crippen MR) is 70.7 cm³/mol. The van der Waals surface area contributed by atoms with Crippen LogP contribution in [0, 0.1) is 0 Å². The minimum absolute atomic E-state index is 0.218. The van der Waals surface area contributed by atoms with Crippen LogP contribution in [0.15, 0.2) is 24.3 Å². The maximum absolute atomic E-state index is 12.2. The fourth-order valence-corrected chi connectivity index (χ4v) is 2.00. The van der Waals surface area contributed by atoms with Gasteiger partial charge in [-0.15, -0.1) is 0 Å². The molecule has 0 unspecified atom stereocenters. The van der Waals surface area contributed by atoms with Crippen molar-refractivity contribution in [1.29, 1.82) is 0 Å². The number of benzene rings is 1. The normalized spacial score (nSPS) is 13.8. The van der Waals surface area contributed by atoms with Crippen LogP contribution in [-0.4, -0.2) is 26.2 Å². The first-order chi connectivity index (χ1) is 8.64. The van der Waals surface area contributed by atoms with Crippen LogP contribution in [0.4, 0.5) is 0 Å². The lowest BCUT2D eigenvalue weighted by atomic mass is 9.78. The minimum Gasteiger partial charge on any atom is -0.497 e. The first-order valence-electron chi connectivity index (χ1n) is 6.16. The Balaban J connectivity index is 3.21. The third kappa shape index (κ3) is 2.64. The molecule has 1 aromatic rings. The molecule has 0 aliphatic rings. The summed E-state index contributed by atoms with van der Waals surface area (Å²) in [4.78, 5) is 12.2. The van der Waals surface area contributed by atoms with E-state index in [4.69, 9.17) is 15.2 Å². The van der Waals surface area contributed by atoms with Crippen LogP contribution in [0.5, 0.6) is 5.75 Å². The van der Waals surface area contributed by atoms with E-state index in [1.165, 1.54) is 0 Å². The van der Waals surface area contributed by atoms with Crippen molar-refractivity contribution in [2.24, 2.45) is 5.73 Å². The highest BCUT2D eigenvalue weighted by Crippen LogP contribution is 2.31. The molecule has 18 heavy (non-hydrogen) atoms. The van der Waals surface area contributed by atoms with E-state index in [0.717, 1.165) is 5.56 Å². The van der Waals surface area contributed by atoms with Crippen molar-refractivity contribution in [2.45, 2.75) is 25.7 Å². The quantitative estimate of drug-likeness (QED) is 0.784. The van der Waals surface area contributed by atoms with E-state index in [0.29, 0.717) is 18.8 Å². The van der Waals surface area contributed by atoms with E-state index >= 15 is 0 Å². The molecule has 2 N–H and O–H groups in total. The molecule has 4 nitrogen and oxygen atoms in total. The van der Waals surface area contributed by atoms with Crippen molar-refractivity contribution in [1.82, 2.24) is 0 Å². The highest BCUT2D eigenvalue weighted by molar-refractivity contribution is 5.83. The number of carbonyl (C=O) groups excluding carboxylic acids is 1. The van der Waals surface area contributed by atoms with Crippen LogP contribution in [0.3, 0.4) is 0 Å². The Hall–Kier alpha value is -1.55. The largest absolute Gasteiger partial charge is 0.497 e. The molecule has 0 heterocycles. The van der Waals surface area contributed by atoms with Gasteiger partial charge in [-0.2, -0.15) is 0 Å². The summed E-state index contributed by atoms with van der Waals surface area (Å²) in [5.74, 6) is 0.436. The highest BCUT2D eigenvalue weighted by atomic mass is 16.5. The molecule has 1 rings (SSSR count). The van der Waals surface area contributed by atoms with Gasteiger partial charge in [-0.3, -0.25) is 4.79 Å². The molecule has 0 aliphatic heterocycles. The van der Waals surface area contributed by atoms with Crippen LogP contribution in [0.25, 0.3) is 0 Å². The lowest BCUT2D eigenvalue weighted by Gasteiger charge is -2.29. The first-order valence-corrected chi connectivity index (χ1v) is 6.16. The molecular weight excluding hydrogens is 230 g/mol. The molecule has 100 valence electrons. The number of rotatable bonds is 6. The third-order valence-electron chi connectivity index (χ3n) is 3.24. The highest BCUT2D eigenvalue weighted by Gasteiger charge is 2.39. The Morgan fingerprint density at radius 2 is 2.11 bits per heavy atom. The van der Waals surface area contributed by atoms with E-state index in [1.54, 1.807) is 14.0 Å². The summed E-state index contributed by atoms with van der Waals surface area (Å²) in [6.07, 6.45) is 0.593. The SMILES string of the molecule is CCOC(=O)[C@@](CC)(CN)c1cccc(OC)c1. The molecule has 0 spiro atoms. The Labute approximate surface area is 108 Å². The monoisotopic (exact) mass is 251 g/mol. The lowest BCUT2D eigenvalue weighted by Crippen LogP contribution is -2.43. The molecule has 0 aromatic heterocycles. The number of hydrogen-bond donors (Lipinski definition) is 1. The van der Waals surface area contributed by atoms with Gasteiger partial charge < -0.3 is 15.2 Å². The van der Waals surface area contributed by atoms with Gasteiger partial charge in [-0.1, -0.05) is 19.1 Å². The Morgan fingerprint density at radius 1 is 1.39 bits per heavy atom.